The molecular formula is C33H42N6O2. The molecule has 0 bridgehead atoms. The minimum Gasteiger partial charge on any atom is -0.369 e. The molecule has 2 aliphatic rings. The number of amides is 3. The zero-order valence-electron chi connectivity index (χ0n) is 24.7. The standard InChI is InChI=1S/C33H42N6O2/c1-26(2)39-32(41)38(25-34-39)30-17-15-29(16-18-30)37-23-21-36(22-24-37)20-19-33(31(40)35(3)4,27-11-7-5-8-12-27)28-13-9-6-10-14-28/h5-18,26,34H,19-25H2,1-4H3. The van der Waals surface area contributed by atoms with Crippen LogP contribution in [0, 0.1) is 0 Å². The molecule has 0 atom stereocenters. The number of urea groups is 1. The van der Waals surface area contributed by atoms with Crippen LogP contribution < -0.4 is 15.2 Å². The van der Waals surface area contributed by atoms with Crippen LogP contribution in [0.1, 0.15) is 31.4 Å². The van der Waals surface area contributed by atoms with E-state index in [4.69, 9.17) is 0 Å². The van der Waals surface area contributed by atoms with Crippen LogP contribution in [0.4, 0.5) is 16.2 Å². The summed E-state index contributed by atoms with van der Waals surface area (Å²) in [5, 5.41) is 1.67. The van der Waals surface area contributed by atoms with Crippen molar-refractivity contribution in [3.8, 4) is 0 Å². The van der Waals surface area contributed by atoms with Crippen LogP contribution in [0.5, 0.6) is 0 Å². The third kappa shape index (κ3) is 5.80. The normalized spacial score (nSPS) is 16.5. The van der Waals surface area contributed by atoms with E-state index in [9.17, 15) is 9.59 Å². The molecule has 3 amide bonds. The number of hydrogen-bond acceptors (Lipinski definition) is 5. The van der Waals surface area contributed by atoms with Gasteiger partial charge in [-0.3, -0.25) is 19.6 Å². The molecule has 8 heteroatoms. The van der Waals surface area contributed by atoms with Gasteiger partial charge in [-0.2, -0.15) is 0 Å². The summed E-state index contributed by atoms with van der Waals surface area (Å²) in [6.07, 6.45) is 0.706. The summed E-state index contributed by atoms with van der Waals surface area (Å²) in [5.74, 6) is 0.108. The van der Waals surface area contributed by atoms with E-state index in [1.165, 1.54) is 5.69 Å². The molecule has 3 aromatic carbocycles. The van der Waals surface area contributed by atoms with Gasteiger partial charge in [0.1, 0.15) is 5.41 Å². The van der Waals surface area contributed by atoms with Crippen molar-refractivity contribution in [2.24, 2.45) is 0 Å². The van der Waals surface area contributed by atoms with Gasteiger partial charge in [0.15, 0.2) is 0 Å². The Labute approximate surface area is 244 Å². The summed E-state index contributed by atoms with van der Waals surface area (Å²) in [5.41, 5.74) is 6.55. The van der Waals surface area contributed by atoms with Gasteiger partial charge in [-0.05, 0) is 62.2 Å². The van der Waals surface area contributed by atoms with Crippen molar-refractivity contribution in [3.63, 3.8) is 0 Å². The van der Waals surface area contributed by atoms with E-state index < -0.39 is 5.41 Å². The SMILES string of the molecule is CC(C)N1NCN(c2ccc(N3CCN(CCC(C(=O)N(C)C)(c4ccccc4)c4ccccc4)CC3)cc2)C1=O. The Morgan fingerprint density at radius 2 is 1.37 bits per heavy atom. The summed E-state index contributed by atoms with van der Waals surface area (Å²) in [6, 6.07) is 28.8. The first-order valence-electron chi connectivity index (χ1n) is 14.6. The number of carbonyl (C=O) groups is 2. The average Bonchev–Trinajstić information content (AvgIpc) is 3.40. The lowest BCUT2D eigenvalue weighted by molar-refractivity contribution is -0.133. The van der Waals surface area contributed by atoms with Gasteiger partial charge in [0.05, 0.1) is 6.67 Å². The van der Waals surface area contributed by atoms with Gasteiger partial charge in [-0.15, -0.1) is 0 Å². The highest BCUT2D eigenvalue weighted by Crippen LogP contribution is 2.38. The van der Waals surface area contributed by atoms with Crippen molar-refractivity contribution in [2.45, 2.75) is 31.7 Å². The van der Waals surface area contributed by atoms with Gasteiger partial charge in [-0.25, -0.2) is 10.2 Å². The van der Waals surface area contributed by atoms with E-state index in [1.807, 2.05) is 76.5 Å². The molecule has 1 N–H and O–H groups in total. The molecule has 0 unspecified atom stereocenters. The van der Waals surface area contributed by atoms with Gasteiger partial charge in [0.2, 0.25) is 5.91 Å². The van der Waals surface area contributed by atoms with Gasteiger partial charge >= 0.3 is 6.03 Å². The predicted molar refractivity (Wildman–Crippen MR) is 165 cm³/mol. The monoisotopic (exact) mass is 554 g/mol. The summed E-state index contributed by atoms with van der Waals surface area (Å²) in [4.78, 5) is 35.0. The first-order valence-corrected chi connectivity index (χ1v) is 14.6. The lowest BCUT2D eigenvalue weighted by atomic mass is 9.70. The van der Waals surface area contributed by atoms with Crippen LogP contribution in [0.3, 0.4) is 0 Å². The summed E-state index contributed by atoms with van der Waals surface area (Å²) >= 11 is 0. The maximum atomic E-state index is 13.9. The van der Waals surface area contributed by atoms with Gasteiger partial charge in [0.25, 0.3) is 0 Å². The van der Waals surface area contributed by atoms with E-state index in [0.29, 0.717) is 13.1 Å². The third-order valence-electron chi connectivity index (χ3n) is 8.36. The highest BCUT2D eigenvalue weighted by molar-refractivity contribution is 5.94. The molecule has 2 aliphatic heterocycles. The zero-order valence-corrected chi connectivity index (χ0v) is 24.7. The van der Waals surface area contributed by atoms with Crippen LogP contribution in [-0.4, -0.2) is 86.3 Å². The molecule has 2 saturated heterocycles. The molecule has 0 aromatic heterocycles. The molecule has 8 nitrogen and oxygen atoms in total. The Kier molecular flexibility index (Phi) is 8.61. The Hall–Kier alpha value is -3.88. The van der Waals surface area contributed by atoms with Crippen molar-refractivity contribution in [1.82, 2.24) is 20.2 Å². The number of benzene rings is 3. The Bertz CT molecular complexity index is 1270. The summed E-state index contributed by atoms with van der Waals surface area (Å²) in [6.45, 7) is 8.99. The van der Waals surface area contributed by atoms with E-state index in [0.717, 1.165) is 49.5 Å². The van der Waals surface area contributed by atoms with Gasteiger partial charge < -0.3 is 9.80 Å². The average molecular weight is 555 g/mol. The van der Waals surface area contributed by atoms with Gasteiger partial charge in [-0.1, -0.05) is 60.7 Å². The van der Waals surface area contributed by atoms with Crippen LogP contribution in [0.15, 0.2) is 84.9 Å². The Morgan fingerprint density at radius 3 is 1.85 bits per heavy atom. The molecule has 216 valence electrons. The molecule has 5 rings (SSSR count). The highest BCUT2D eigenvalue weighted by atomic mass is 16.2. The van der Waals surface area contributed by atoms with Gasteiger partial charge in [0, 0.05) is 57.7 Å². The lowest BCUT2D eigenvalue weighted by Crippen LogP contribution is -2.50. The predicted octanol–water partition coefficient (Wildman–Crippen LogP) is 4.39. The summed E-state index contributed by atoms with van der Waals surface area (Å²) in [7, 11) is 3.70. The molecule has 3 aromatic rings. The third-order valence-corrected chi connectivity index (χ3v) is 8.36. The Balaban J connectivity index is 1.26. The Morgan fingerprint density at radius 1 is 0.829 bits per heavy atom. The number of anilines is 2. The number of hydrazine groups is 1. The molecule has 2 fully saturated rings. The van der Waals surface area contributed by atoms with E-state index in [2.05, 4.69) is 51.6 Å². The molecule has 0 saturated carbocycles. The maximum absolute atomic E-state index is 13.9. The largest absolute Gasteiger partial charge is 0.369 e. The van der Waals surface area contributed by atoms with Crippen LogP contribution in [0.2, 0.25) is 0 Å². The van der Waals surface area contributed by atoms with E-state index >= 15 is 0 Å². The van der Waals surface area contributed by atoms with Crippen LogP contribution >= 0.6 is 0 Å². The number of nitrogens with one attached hydrogen (secondary N) is 1. The van der Waals surface area contributed by atoms with Crippen molar-refractivity contribution in [2.75, 3.05) is 63.3 Å². The zero-order chi connectivity index (χ0) is 29.0. The maximum Gasteiger partial charge on any atom is 0.340 e. The molecule has 0 aliphatic carbocycles. The molecule has 0 spiro atoms. The number of nitrogens with zero attached hydrogens (tertiary/aromatic N) is 5. The van der Waals surface area contributed by atoms with Crippen molar-refractivity contribution in [1.29, 1.82) is 0 Å². The number of rotatable bonds is 9. The van der Waals surface area contributed by atoms with Crippen molar-refractivity contribution in [3.05, 3.63) is 96.1 Å². The van der Waals surface area contributed by atoms with Crippen molar-refractivity contribution >= 4 is 23.3 Å². The highest BCUT2D eigenvalue weighted by Gasteiger charge is 2.43. The number of piperazine rings is 1. The molecule has 2 heterocycles. The fourth-order valence-corrected chi connectivity index (χ4v) is 6.05. The lowest BCUT2D eigenvalue weighted by Gasteiger charge is -2.40. The second-order valence-electron chi connectivity index (χ2n) is 11.4. The second-order valence-corrected chi connectivity index (χ2v) is 11.4. The second kappa shape index (κ2) is 12.3. The smallest absolute Gasteiger partial charge is 0.340 e. The fraction of sp³-hybridized carbons (Fsp3) is 0.394. The number of likely N-dealkylation sites (N-methyl/N-ethyl adjacent to an activating group) is 1. The van der Waals surface area contributed by atoms with Crippen LogP contribution in [0.25, 0.3) is 0 Å². The number of carbonyl (C=O) groups excluding carboxylic acids is 2. The minimum absolute atomic E-state index is 0.0174. The molecule has 41 heavy (non-hydrogen) atoms. The van der Waals surface area contributed by atoms with E-state index in [1.54, 1.807) is 14.8 Å². The fourth-order valence-electron chi connectivity index (χ4n) is 6.05. The first-order chi connectivity index (χ1) is 19.8. The topological polar surface area (TPSA) is 62.4 Å². The first kappa shape index (κ1) is 28.6. The van der Waals surface area contributed by atoms with Crippen LogP contribution in [-0.2, 0) is 10.2 Å². The van der Waals surface area contributed by atoms with Crippen molar-refractivity contribution < 1.29 is 9.59 Å². The quantitative estimate of drug-likeness (QED) is 0.425. The molecule has 0 radical (unpaired) electrons. The minimum atomic E-state index is -0.744. The van der Waals surface area contributed by atoms with E-state index in [-0.39, 0.29) is 18.0 Å². The summed E-state index contributed by atoms with van der Waals surface area (Å²) < 4.78 is 0. The number of hydrogen-bond donors (Lipinski definition) is 1. The molecular weight excluding hydrogens is 512 g/mol.